The molecule has 2 aromatic carbocycles. The monoisotopic (exact) mass is 366 g/mol. The van der Waals surface area contributed by atoms with Gasteiger partial charge in [0.1, 0.15) is 0 Å². The fourth-order valence-electron chi connectivity index (χ4n) is 3.71. The molecule has 5 heteroatoms. The van der Waals surface area contributed by atoms with E-state index < -0.39 is 5.41 Å². The molecule has 142 valence electrons. The number of hydrogen-bond donors (Lipinski definition) is 1. The van der Waals surface area contributed by atoms with Crippen molar-refractivity contribution in [3.8, 4) is 0 Å². The summed E-state index contributed by atoms with van der Waals surface area (Å²) in [4.78, 5) is 25.7. The smallest absolute Gasteiger partial charge is 0.314 e. The Balaban J connectivity index is 1.57. The number of methoxy groups -OCH3 is 1. The molecule has 1 saturated heterocycles. The topological polar surface area (TPSA) is 58.6 Å². The molecule has 1 fully saturated rings. The van der Waals surface area contributed by atoms with Gasteiger partial charge in [0, 0.05) is 32.2 Å². The van der Waals surface area contributed by atoms with Gasteiger partial charge in [0.15, 0.2) is 0 Å². The summed E-state index contributed by atoms with van der Waals surface area (Å²) in [7, 11) is 1.47. The highest BCUT2D eigenvalue weighted by Crippen LogP contribution is 2.37. The van der Waals surface area contributed by atoms with Crippen LogP contribution in [0.4, 0.5) is 5.69 Å². The number of rotatable bonds is 7. The van der Waals surface area contributed by atoms with Gasteiger partial charge in [-0.15, -0.1) is 0 Å². The van der Waals surface area contributed by atoms with E-state index in [0.717, 1.165) is 30.6 Å². The van der Waals surface area contributed by atoms with Crippen molar-refractivity contribution >= 4 is 17.6 Å². The third-order valence-corrected chi connectivity index (χ3v) is 5.09. The van der Waals surface area contributed by atoms with Crippen molar-refractivity contribution in [2.24, 2.45) is 5.41 Å². The van der Waals surface area contributed by atoms with Crippen molar-refractivity contribution in [1.82, 2.24) is 4.90 Å². The van der Waals surface area contributed by atoms with Gasteiger partial charge in [0.25, 0.3) is 0 Å². The minimum Gasteiger partial charge on any atom is -0.469 e. The van der Waals surface area contributed by atoms with Gasteiger partial charge in [0.05, 0.1) is 12.5 Å². The Labute approximate surface area is 160 Å². The van der Waals surface area contributed by atoms with Crippen molar-refractivity contribution in [3.63, 3.8) is 0 Å². The molecule has 0 atom stereocenters. The average molecular weight is 366 g/mol. The normalized spacial score (nSPS) is 15.6. The van der Waals surface area contributed by atoms with Crippen LogP contribution in [0.3, 0.4) is 0 Å². The summed E-state index contributed by atoms with van der Waals surface area (Å²) in [5.41, 5.74) is 2.78. The van der Waals surface area contributed by atoms with Gasteiger partial charge in [-0.05, 0) is 36.1 Å². The van der Waals surface area contributed by atoms with Gasteiger partial charge in [0.2, 0.25) is 5.91 Å². The van der Waals surface area contributed by atoms with E-state index in [9.17, 15) is 9.59 Å². The number of aryl methyl sites for hydroxylation is 1. The summed E-state index contributed by atoms with van der Waals surface area (Å²) in [6, 6.07) is 18.1. The Hall–Kier alpha value is -2.66. The molecule has 0 bridgehead atoms. The second-order valence-corrected chi connectivity index (χ2v) is 7.28. The molecule has 2 aromatic rings. The van der Waals surface area contributed by atoms with E-state index in [1.54, 1.807) is 0 Å². The average Bonchev–Trinajstić information content (AvgIpc) is 2.64. The molecular formula is C22H26N2O3. The minimum atomic E-state index is -0.416. The zero-order valence-electron chi connectivity index (χ0n) is 15.9. The van der Waals surface area contributed by atoms with Crippen molar-refractivity contribution in [1.29, 1.82) is 0 Å². The van der Waals surface area contributed by atoms with Crippen LogP contribution in [-0.2, 0) is 27.3 Å². The molecule has 3 rings (SSSR count). The first kappa shape index (κ1) is 19.1. The van der Waals surface area contributed by atoms with Crippen molar-refractivity contribution in [2.45, 2.75) is 26.3 Å². The number of ether oxygens (including phenoxy) is 1. The fraction of sp³-hybridized carbons (Fsp3) is 0.364. The second kappa shape index (κ2) is 8.35. The summed E-state index contributed by atoms with van der Waals surface area (Å²) in [5, 5.41) is 2.77. The van der Waals surface area contributed by atoms with E-state index in [1.807, 2.05) is 42.5 Å². The number of hydrogen-bond acceptors (Lipinski definition) is 4. The number of nitrogens with one attached hydrogen (secondary N) is 1. The van der Waals surface area contributed by atoms with Crippen LogP contribution < -0.4 is 5.32 Å². The lowest BCUT2D eigenvalue weighted by atomic mass is 9.75. The first-order valence-electron chi connectivity index (χ1n) is 9.22. The van der Waals surface area contributed by atoms with Crippen molar-refractivity contribution in [3.05, 3.63) is 65.7 Å². The number of carbonyl (C=O) groups is 2. The van der Waals surface area contributed by atoms with E-state index in [2.05, 4.69) is 22.3 Å². The highest BCUT2D eigenvalue weighted by Gasteiger charge is 2.49. The Morgan fingerprint density at radius 1 is 1.04 bits per heavy atom. The summed E-state index contributed by atoms with van der Waals surface area (Å²) in [6.45, 7) is 3.69. The maximum Gasteiger partial charge on any atom is 0.314 e. The summed E-state index contributed by atoms with van der Waals surface area (Å²) >= 11 is 0. The molecule has 1 amide bonds. The molecule has 1 aliphatic rings. The highest BCUT2D eigenvalue weighted by atomic mass is 16.5. The second-order valence-electron chi connectivity index (χ2n) is 7.28. The van der Waals surface area contributed by atoms with E-state index in [1.165, 1.54) is 19.6 Å². The lowest BCUT2D eigenvalue weighted by Crippen LogP contribution is -2.60. The Morgan fingerprint density at radius 3 is 2.30 bits per heavy atom. The van der Waals surface area contributed by atoms with Gasteiger partial charge in [-0.2, -0.15) is 0 Å². The van der Waals surface area contributed by atoms with Crippen molar-refractivity contribution in [2.75, 3.05) is 25.5 Å². The van der Waals surface area contributed by atoms with Crippen LogP contribution in [0, 0.1) is 5.41 Å². The van der Waals surface area contributed by atoms with Gasteiger partial charge < -0.3 is 10.1 Å². The van der Waals surface area contributed by atoms with Crippen LogP contribution in [0.15, 0.2) is 54.6 Å². The van der Waals surface area contributed by atoms with Gasteiger partial charge in [-0.25, -0.2) is 0 Å². The molecule has 1 N–H and O–H groups in total. The summed E-state index contributed by atoms with van der Waals surface area (Å²) < 4.78 is 5.09. The van der Waals surface area contributed by atoms with Crippen LogP contribution >= 0.6 is 0 Å². The Kier molecular flexibility index (Phi) is 5.91. The zero-order chi connectivity index (χ0) is 19.3. The molecule has 1 aliphatic heterocycles. The minimum absolute atomic E-state index is 0.0771. The lowest BCUT2D eigenvalue weighted by Gasteiger charge is -2.48. The molecule has 0 unspecified atom stereocenters. The highest BCUT2D eigenvalue weighted by molar-refractivity contribution is 5.88. The van der Waals surface area contributed by atoms with E-state index in [-0.39, 0.29) is 11.9 Å². The molecule has 1 heterocycles. The first-order valence-corrected chi connectivity index (χ1v) is 9.22. The first-order chi connectivity index (χ1) is 13.0. The molecule has 0 aliphatic carbocycles. The standard InChI is InChI=1S/C22H26N2O3/c1-17(25)23-20-10-8-19(9-11-20)14-24-15-22(16-24,21(26)27-2)13-12-18-6-4-3-5-7-18/h3-11H,12-16H2,1-2H3,(H,23,25). The van der Waals surface area contributed by atoms with Crippen LogP contribution in [0.25, 0.3) is 0 Å². The molecule has 0 spiro atoms. The number of amides is 1. The van der Waals surface area contributed by atoms with E-state index >= 15 is 0 Å². The zero-order valence-corrected chi connectivity index (χ0v) is 15.9. The third kappa shape index (κ3) is 4.74. The molecule has 5 nitrogen and oxygen atoms in total. The molecular weight excluding hydrogens is 340 g/mol. The fourth-order valence-corrected chi connectivity index (χ4v) is 3.71. The summed E-state index contributed by atoms with van der Waals surface area (Å²) in [5.74, 6) is -0.192. The van der Waals surface area contributed by atoms with Crippen LogP contribution in [-0.4, -0.2) is 37.0 Å². The summed E-state index contributed by atoms with van der Waals surface area (Å²) in [6.07, 6.45) is 1.66. The van der Waals surface area contributed by atoms with Crippen LogP contribution in [0.1, 0.15) is 24.5 Å². The number of carbonyl (C=O) groups excluding carboxylic acids is 2. The van der Waals surface area contributed by atoms with Gasteiger partial charge in [-0.3, -0.25) is 14.5 Å². The van der Waals surface area contributed by atoms with Crippen LogP contribution in [0.5, 0.6) is 0 Å². The predicted molar refractivity (Wildman–Crippen MR) is 105 cm³/mol. The van der Waals surface area contributed by atoms with Gasteiger partial charge in [-0.1, -0.05) is 42.5 Å². The van der Waals surface area contributed by atoms with Crippen molar-refractivity contribution < 1.29 is 14.3 Å². The number of benzene rings is 2. The Bertz CT molecular complexity index is 781. The molecule has 0 radical (unpaired) electrons. The molecule has 27 heavy (non-hydrogen) atoms. The van der Waals surface area contributed by atoms with Crippen LogP contribution in [0.2, 0.25) is 0 Å². The number of esters is 1. The maximum absolute atomic E-state index is 12.4. The third-order valence-electron chi connectivity index (χ3n) is 5.09. The van der Waals surface area contributed by atoms with E-state index in [4.69, 9.17) is 4.74 Å². The lowest BCUT2D eigenvalue weighted by molar-refractivity contribution is -0.165. The number of likely N-dealkylation sites (tertiary alicyclic amines) is 1. The Morgan fingerprint density at radius 2 is 1.70 bits per heavy atom. The van der Waals surface area contributed by atoms with Gasteiger partial charge >= 0.3 is 5.97 Å². The SMILES string of the molecule is COC(=O)C1(CCc2ccccc2)CN(Cc2ccc(NC(C)=O)cc2)C1. The maximum atomic E-state index is 12.4. The molecule has 0 aromatic heterocycles. The number of nitrogens with zero attached hydrogens (tertiary/aromatic N) is 1. The number of anilines is 1. The molecule has 0 saturated carbocycles. The largest absolute Gasteiger partial charge is 0.469 e. The predicted octanol–water partition coefficient (Wildman–Crippen LogP) is 3.25. The quantitative estimate of drug-likeness (QED) is 0.764. The van der Waals surface area contributed by atoms with E-state index in [0.29, 0.717) is 13.1 Å².